The molecule has 0 aromatic rings. The number of hydrogen-bond acceptors (Lipinski definition) is 4. The highest BCUT2D eigenvalue weighted by Gasteiger charge is 2.50. The molecule has 0 unspecified atom stereocenters. The van der Waals surface area contributed by atoms with Crippen LogP contribution >= 0.6 is 0 Å². The summed E-state index contributed by atoms with van der Waals surface area (Å²) in [6.45, 7) is 10.3. The summed E-state index contributed by atoms with van der Waals surface area (Å²) in [4.78, 5) is 11.6. The standard InChI is InChI=1S/C12H24O4Si/c1-11(2,3)17(4,5)16-8-12(15)9(13)6-7-10(12)14/h9,13,15H,6-8H2,1-5H3/t9-,12-/m1/s1. The van der Waals surface area contributed by atoms with Crippen LogP contribution in [0.1, 0.15) is 33.6 Å². The zero-order chi connectivity index (χ0) is 13.5. The van der Waals surface area contributed by atoms with Crippen LogP contribution in [0.25, 0.3) is 0 Å². The van der Waals surface area contributed by atoms with Gasteiger partial charge in [0.15, 0.2) is 19.7 Å². The van der Waals surface area contributed by atoms with E-state index in [9.17, 15) is 15.0 Å². The van der Waals surface area contributed by atoms with Crippen molar-refractivity contribution in [2.24, 2.45) is 0 Å². The molecule has 4 nitrogen and oxygen atoms in total. The Morgan fingerprint density at radius 3 is 2.35 bits per heavy atom. The predicted octanol–water partition coefficient (Wildman–Crippen LogP) is 1.46. The number of Topliss-reactive ketones (excluding diaryl/α,β-unsaturated/α-hetero) is 1. The molecule has 1 saturated carbocycles. The Morgan fingerprint density at radius 2 is 2.00 bits per heavy atom. The van der Waals surface area contributed by atoms with Crippen LogP contribution in [0.15, 0.2) is 0 Å². The van der Waals surface area contributed by atoms with Gasteiger partial charge < -0.3 is 14.6 Å². The zero-order valence-electron chi connectivity index (χ0n) is 11.4. The van der Waals surface area contributed by atoms with Crippen molar-refractivity contribution in [1.82, 2.24) is 0 Å². The maximum atomic E-state index is 11.6. The molecule has 0 aliphatic heterocycles. The van der Waals surface area contributed by atoms with Crippen LogP contribution in [-0.2, 0) is 9.22 Å². The third-order valence-electron chi connectivity index (χ3n) is 4.14. The van der Waals surface area contributed by atoms with Crippen molar-refractivity contribution in [1.29, 1.82) is 0 Å². The number of hydrogen-bond donors (Lipinski definition) is 2. The largest absolute Gasteiger partial charge is 0.413 e. The van der Waals surface area contributed by atoms with Gasteiger partial charge in [0.05, 0.1) is 12.7 Å². The van der Waals surface area contributed by atoms with E-state index in [4.69, 9.17) is 4.43 Å². The monoisotopic (exact) mass is 260 g/mol. The number of aliphatic hydroxyl groups is 2. The summed E-state index contributed by atoms with van der Waals surface area (Å²) in [5, 5.41) is 19.9. The number of rotatable bonds is 3. The molecule has 0 aromatic heterocycles. The summed E-state index contributed by atoms with van der Waals surface area (Å²) >= 11 is 0. The number of aliphatic hydroxyl groups excluding tert-OH is 1. The van der Waals surface area contributed by atoms with Crippen LogP contribution in [0, 0.1) is 0 Å². The topological polar surface area (TPSA) is 66.8 Å². The van der Waals surface area contributed by atoms with Gasteiger partial charge in [-0.05, 0) is 24.6 Å². The van der Waals surface area contributed by atoms with Crippen molar-refractivity contribution in [2.75, 3.05) is 6.61 Å². The van der Waals surface area contributed by atoms with Gasteiger partial charge in [0.2, 0.25) is 0 Å². The van der Waals surface area contributed by atoms with Gasteiger partial charge in [-0.3, -0.25) is 4.79 Å². The molecule has 0 amide bonds. The van der Waals surface area contributed by atoms with E-state index >= 15 is 0 Å². The minimum atomic E-state index is -2.00. The fourth-order valence-electron chi connectivity index (χ4n) is 1.59. The van der Waals surface area contributed by atoms with Gasteiger partial charge in [-0.25, -0.2) is 0 Å². The van der Waals surface area contributed by atoms with Crippen molar-refractivity contribution in [3.05, 3.63) is 0 Å². The quantitative estimate of drug-likeness (QED) is 0.754. The first-order valence-corrected chi connectivity index (χ1v) is 8.99. The van der Waals surface area contributed by atoms with Crippen molar-refractivity contribution in [3.63, 3.8) is 0 Å². The molecule has 0 bridgehead atoms. The second-order valence-electron chi connectivity index (χ2n) is 6.45. The third-order valence-corrected chi connectivity index (χ3v) is 8.62. The van der Waals surface area contributed by atoms with Crippen LogP contribution < -0.4 is 0 Å². The van der Waals surface area contributed by atoms with Gasteiger partial charge in [0, 0.05) is 6.42 Å². The minimum Gasteiger partial charge on any atom is -0.413 e. The van der Waals surface area contributed by atoms with E-state index in [1.165, 1.54) is 0 Å². The predicted molar refractivity (Wildman–Crippen MR) is 68.3 cm³/mol. The summed E-state index contributed by atoms with van der Waals surface area (Å²) in [7, 11) is -2.00. The van der Waals surface area contributed by atoms with E-state index < -0.39 is 20.0 Å². The van der Waals surface area contributed by atoms with Gasteiger partial charge >= 0.3 is 0 Å². The molecule has 5 heteroatoms. The first-order chi connectivity index (χ1) is 7.51. The number of carbonyl (C=O) groups is 1. The molecule has 0 radical (unpaired) electrons. The molecule has 100 valence electrons. The summed E-state index contributed by atoms with van der Waals surface area (Å²) in [5.41, 5.74) is -1.68. The lowest BCUT2D eigenvalue weighted by atomic mass is 10.0. The van der Waals surface area contributed by atoms with Gasteiger partial charge in [0.1, 0.15) is 0 Å². The molecule has 0 spiro atoms. The average molecular weight is 260 g/mol. The zero-order valence-corrected chi connectivity index (χ0v) is 12.4. The smallest absolute Gasteiger partial charge is 0.192 e. The fourth-order valence-corrected chi connectivity index (χ4v) is 2.61. The molecular formula is C12H24O4Si. The summed E-state index contributed by atoms with van der Waals surface area (Å²) in [6.07, 6.45) is -0.422. The minimum absolute atomic E-state index is 0.0238. The van der Waals surface area contributed by atoms with Crippen molar-refractivity contribution in [2.45, 2.75) is 63.5 Å². The lowest BCUT2D eigenvalue weighted by molar-refractivity contribution is -0.146. The molecule has 1 rings (SSSR count). The fraction of sp³-hybridized carbons (Fsp3) is 0.917. The Hall–Kier alpha value is -0.233. The van der Waals surface area contributed by atoms with E-state index in [-0.39, 0.29) is 23.8 Å². The van der Waals surface area contributed by atoms with Crippen molar-refractivity contribution >= 4 is 14.1 Å². The molecule has 1 aliphatic carbocycles. The molecule has 1 aliphatic rings. The molecule has 2 atom stereocenters. The van der Waals surface area contributed by atoms with Crippen molar-refractivity contribution in [3.8, 4) is 0 Å². The maximum Gasteiger partial charge on any atom is 0.192 e. The van der Waals surface area contributed by atoms with E-state index in [1.807, 2.05) is 0 Å². The van der Waals surface area contributed by atoms with Gasteiger partial charge in [0.25, 0.3) is 0 Å². The highest BCUT2D eigenvalue weighted by Crippen LogP contribution is 2.38. The second-order valence-corrected chi connectivity index (χ2v) is 11.3. The van der Waals surface area contributed by atoms with Gasteiger partial charge in [-0.15, -0.1) is 0 Å². The van der Waals surface area contributed by atoms with Crippen LogP contribution in [0.4, 0.5) is 0 Å². The van der Waals surface area contributed by atoms with E-state index in [0.717, 1.165) is 0 Å². The average Bonchev–Trinajstić information content (AvgIpc) is 2.42. The Labute approximate surface area is 104 Å². The maximum absolute atomic E-state index is 11.6. The normalized spacial score (nSPS) is 31.0. The highest BCUT2D eigenvalue weighted by molar-refractivity contribution is 6.74. The van der Waals surface area contributed by atoms with Crippen LogP contribution in [0.2, 0.25) is 18.1 Å². The molecular weight excluding hydrogens is 236 g/mol. The van der Waals surface area contributed by atoms with E-state index in [2.05, 4.69) is 33.9 Å². The first-order valence-electron chi connectivity index (χ1n) is 6.08. The SMILES string of the molecule is CC(C)(C)[Si](C)(C)OC[C@]1(O)C(=O)CC[C@H]1O. The Kier molecular flexibility index (Phi) is 3.89. The van der Waals surface area contributed by atoms with Gasteiger partial charge in [-0.2, -0.15) is 0 Å². The number of carbonyl (C=O) groups excluding carboxylic acids is 1. The van der Waals surface area contributed by atoms with Crippen molar-refractivity contribution < 1.29 is 19.4 Å². The Balaban J connectivity index is 2.71. The molecule has 0 heterocycles. The van der Waals surface area contributed by atoms with E-state index in [0.29, 0.717) is 6.42 Å². The summed E-state index contributed by atoms with van der Waals surface area (Å²) in [6, 6.07) is 0. The lowest BCUT2D eigenvalue weighted by Gasteiger charge is -2.38. The second kappa shape index (κ2) is 4.46. The molecule has 0 saturated heterocycles. The third kappa shape index (κ3) is 2.78. The summed E-state index contributed by atoms with van der Waals surface area (Å²) < 4.78 is 5.83. The Morgan fingerprint density at radius 1 is 1.47 bits per heavy atom. The van der Waals surface area contributed by atoms with Crippen LogP contribution in [0.3, 0.4) is 0 Å². The van der Waals surface area contributed by atoms with Crippen LogP contribution in [0.5, 0.6) is 0 Å². The van der Waals surface area contributed by atoms with Crippen LogP contribution in [-0.4, -0.2) is 42.6 Å². The number of ketones is 1. The first kappa shape index (κ1) is 14.8. The van der Waals surface area contributed by atoms with Gasteiger partial charge in [-0.1, -0.05) is 20.8 Å². The molecule has 17 heavy (non-hydrogen) atoms. The molecule has 2 N–H and O–H groups in total. The highest BCUT2D eigenvalue weighted by atomic mass is 28.4. The molecule has 0 aromatic carbocycles. The summed E-state index contributed by atoms with van der Waals surface area (Å²) in [5.74, 6) is -0.302. The van der Waals surface area contributed by atoms with E-state index in [1.54, 1.807) is 0 Å². The lowest BCUT2D eigenvalue weighted by Crippen LogP contribution is -2.52. The molecule has 1 fully saturated rings. The Bertz CT molecular complexity index is 308.